The minimum atomic E-state index is -2.32. The first-order valence-corrected chi connectivity index (χ1v) is 12.2. The molecule has 2 aromatic rings. The van der Waals surface area contributed by atoms with Crippen molar-refractivity contribution < 1.29 is 13.7 Å². The molecule has 1 atom stereocenters. The summed E-state index contributed by atoms with van der Waals surface area (Å²) in [7, 11) is -0.580. The maximum atomic E-state index is 13.0. The second kappa shape index (κ2) is 8.43. The normalized spacial score (nSPS) is 16.6. The number of para-hydroxylation sites is 1. The lowest BCUT2D eigenvalue weighted by Crippen LogP contribution is -2.37. The van der Waals surface area contributed by atoms with E-state index in [0.717, 1.165) is 22.6 Å². The molecule has 2 heterocycles. The number of carbonyl (C=O) groups excluding carboxylic acids is 1. The number of fused-ring (bicyclic) bond motifs is 1. The van der Waals surface area contributed by atoms with E-state index in [1.807, 2.05) is 22.5 Å². The first-order valence-electron chi connectivity index (χ1n) is 10.1. The van der Waals surface area contributed by atoms with Crippen molar-refractivity contribution in [1.82, 2.24) is 19.4 Å². The van der Waals surface area contributed by atoms with Gasteiger partial charge in [0.2, 0.25) is 0 Å². The zero-order valence-corrected chi connectivity index (χ0v) is 19.3. The lowest BCUT2D eigenvalue weighted by Gasteiger charge is -2.28. The fourth-order valence-corrected chi connectivity index (χ4v) is 4.44. The fourth-order valence-electron chi connectivity index (χ4n) is 3.56. The summed E-state index contributed by atoms with van der Waals surface area (Å²) >= 11 is 0. The summed E-state index contributed by atoms with van der Waals surface area (Å²) < 4.78 is 20.1. The number of hydrogen-bond donors (Lipinski definition) is 1. The monoisotopic (exact) mass is 432 g/mol. The lowest BCUT2D eigenvalue weighted by molar-refractivity contribution is 0.0765. The van der Waals surface area contributed by atoms with Crippen LogP contribution in [0.4, 0.5) is 0 Å². The summed E-state index contributed by atoms with van der Waals surface area (Å²) in [6.45, 7) is 8.31. The van der Waals surface area contributed by atoms with Crippen LogP contribution in [-0.2, 0) is 28.1 Å². The number of hydrogen-bond acceptors (Lipinski definition) is 4. The predicted octanol–water partition coefficient (Wildman–Crippen LogP) is 2.48. The minimum absolute atomic E-state index is 0.0233. The van der Waals surface area contributed by atoms with Crippen LogP contribution >= 0.6 is 0 Å². The van der Waals surface area contributed by atoms with Gasteiger partial charge >= 0.3 is 0 Å². The molecule has 0 fully saturated rings. The third-order valence-electron chi connectivity index (χ3n) is 5.37. The highest BCUT2D eigenvalue weighted by Crippen LogP contribution is 2.31. The van der Waals surface area contributed by atoms with E-state index in [1.54, 1.807) is 18.2 Å². The van der Waals surface area contributed by atoms with Crippen LogP contribution in [0.5, 0.6) is 5.75 Å². The average molecular weight is 433 g/mol. The van der Waals surface area contributed by atoms with Crippen molar-refractivity contribution in [2.45, 2.75) is 39.2 Å². The molecule has 1 unspecified atom stereocenters. The van der Waals surface area contributed by atoms with Gasteiger partial charge in [-0.25, -0.2) is 4.31 Å². The maximum Gasteiger partial charge on any atom is 0.274 e. The van der Waals surface area contributed by atoms with Crippen molar-refractivity contribution in [2.75, 3.05) is 33.0 Å². The summed E-state index contributed by atoms with van der Waals surface area (Å²) in [6.07, 6.45) is 2.30. The molecule has 1 N–H and O–H groups in total. The fraction of sp³-hybridized carbons (Fsp3) is 0.500. The highest BCUT2D eigenvalue weighted by Gasteiger charge is 2.29. The van der Waals surface area contributed by atoms with Crippen LogP contribution in [0.15, 0.2) is 24.3 Å². The van der Waals surface area contributed by atoms with Crippen LogP contribution in [0, 0.1) is 0 Å². The first-order chi connectivity index (χ1) is 14.0. The number of benzene rings is 1. The molecular formula is C22H32N4O3S. The van der Waals surface area contributed by atoms with Crippen molar-refractivity contribution in [1.29, 1.82) is 0 Å². The predicted molar refractivity (Wildman–Crippen MR) is 121 cm³/mol. The second-order valence-corrected chi connectivity index (χ2v) is 11.4. The average Bonchev–Trinajstić information content (AvgIpc) is 3.09. The summed E-state index contributed by atoms with van der Waals surface area (Å²) in [4.78, 5) is 14.6. The molecule has 7 nitrogen and oxygen atoms in total. The zero-order valence-electron chi connectivity index (χ0n) is 18.5. The molecule has 1 aliphatic heterocycles. The largest absolute Gasteiger partial charge is 0.491 e. The van der Waals surface area contributed by atoms with Gasteiger partial charge < -0.3 is 9.64 Å². The lowest BCUT2D eigenvalue weighted by atomic mass is 9.86. The van der Waals surface area contributed by atoms with Gasteiger partial charge in [0.1, 0.15) is 12.4 Å². The van der Waals surface area contributed by atoms with Crippen LogP contribution in [0.1, 0.15) is 48.1 Å². The van der Waals surface area contributed by atoms with Crippen molar-refractivity contribution in [2.24, 2.45) is 0 Å². The Labute approximate surface area is 179 Å². The number of ether oxygens (including phenoxy) is 1. The van der Waals surface area contributed by atoms with Crippen LogP contribution in [0.2, 0.25) is 0 Å². The van der Waals surface area contributed by atoms with Gasteiger partial charge in [-0.3, -0.25) is 14.1 Å². The van der Waals surface area contributed by atoms with Crippen LogP contribution in [0.3, 0.4) is 0 Å². The van der Waals surface area contributed by atoms with Gasteiger partial charge in [-0.2, -0.15) is 5.10 Å². The quantitative estimate of drug-likeness (QED) is 0.712. The molecule has 164 valence electrons. The number of carbonyl (C=O) groups is 1. The smallest absolute Gasteiger partial charge is 0.274 e. The number of aromatic nitrogens is 2. The van der Waals surface area contributed by atoms with E-state index in [2.05, 4.69) is 42.9 Å². The molecule has 3 rings (SSSR count). The van der Waals surface area contributed by atoms with Crippen molar-refractivity contribution in [3.8, 4) is 5.75 Å². The summed E-state index contributed by atoms with van der Waals surface area (Å²) in [6, 6.07) is 7.99. The molecule has 1 amide bonds. The van der Waals surface area contributed by atoms with Gasteiger partial charge in [-0.15, -0.1) is 0 Å². The van der Waals surface area contributed by atoms with Crippen LogP contribution in [0.25, 0.3) is 0 Å². The van der Waals surface area contributed by atoms with Gasteiger partial charge in [0.05, 0.1) is 6.54 Å². The van der Waals surface area contributed by atoms with E-state index in [-0.39, 0.29) is 11.3 Å². The molecule has 0 saturated carbocycles. The Kier molecular flexibility index (Phi) is 6.29. The zero-order chi connectivity index (χ0) is 22.1. The van der Waals surface area contributed by atoms with Crippen LogP contribution < -0.4 is 4.74 Å². The SMILES string of the molecule is C=S(C)(=O)N1CCc2[nH]nc(C(=O)N(C)CCOc3ccccc3C(C)(C)C)c2C1. The molecule has 0 radical (unpaired) electrons. The number of aromatic amines is 1. The standard InChI is InChI=1S/C22H32N4O3S/c1-22(2,3)17-9-7-8-10-19(17)29-14-13-25(4)21(27)20-16-15-26(30(5,6)28)12-11-18(16)23-24-20/h7-10H,5,11-15H2,1-4,6H3,(H,23,24). The third-order valence-corrected chi connectivity index (χ3v) is 6.78. The highest BCUT2D eigenvalue weighted by molar-refractivity contribution is 7.97. The highest BCUT2D eigenvalue weighted by atomic mass is 32.2. The summed E-state index contributed by atoms with van der Waals surface area (Å²) in [5, 5.41) is 7.22. The molecule has 8 heteroatoms. The molecule has 0 spiro atoms. The maximum absolute atomic E-state index is 13.0. The number of nitrogens with zero attached hydrogens (tertiary/aromatic N) is 3. The Morgan fingerprint density at radius 3 is 2.73 bits per heavy atom. The second-order valence-electron chi connectivity index (χ2n) is 8.92. The van der Waals surface area contributed by atoms with Gasteiger partial charge in [0.15, 0.2) is 5.69 Å². The first kappa shape index (κ1) is 22.4. The van der Waals surface area contributed by atoms with Gasteiger partial charge in [-0.05, 0) is 22.9 Å². The molecule has 30 heavy (non-hydrogen) atoms. The Bertz CT molecular complexity index is 1020. The van der Waals surface area contributed by atoms with E-state index < -0.39 is 9.71 Å². The molecule has 1 aromatic heterocycles. The topological polar surface area (TPSA) is 78.5 Å². The molecule has 0 saturated heterocycles. The number of rotatable bonds is 6. The Balaban J connectivity index is 1.65. The number of H-pyrrole nitrogens is 1. The van der Waals surface area contributed by atoms with Crippen molar-refractivity contribution in [3.63, 3.8) is 0 Å². The third kappa shape index (κ3) is 4.87. The summed E-state index contributed by atoms with van der Waals surface area (Å²) in [5.41, 5.74) is 3.25. The Morgan fingerprint density at radius 2 is 2.07 bits per heavy atom. The van der Waals surface area contributed by atoms with Crippen LogP contribution in [-0.4, -0.2) is 68.4 Å². The number of nitrogens with one attached hydrogen (secondary N) is 1. The Hall–Kier alpha value is -2.32. The molecule has 0 bridgehead atoms. The van der Waals surface area contributed by atoms with E-state index >= 15 is 0 Å². The molecule has 1 aromatic carbocycles. The minimum Gasteiger partial charge on any atom is -0.491 e. The van der Waals surface area contributed by atoms with Crippen molar-refractivity contribution >= 4 is 21.5 Å². The van der Waals surface area contributed by atoms with Crippen molar-refractivity contribution in [3.05, 3.63) is 46.8 Å². The molecular weight excluding hydrogens is 400 g/mol. The van der Waals surface area contributed by atoms with E-state index in [4.69, 9.17) is 4.74 Å². The number of amides is 1. The molecule has 1 aliphatic rings. The van der Waals surface area contributed by atoms with Gasteiger partial charge in [0, 0.05) is 53.8 Å². The number of likely N-dealkylation sites (N-methyl/N-ethyl adjacent to an activating group) is 1. The van der Waals surface area contributed by atoms with Gasteiger partial charge in [0.25, 0.3) is 5.91 Å². The summed E-state index contributed by atoms with van der Waals surface area (Å²) in [5.74, 6) is 4.43. The molecule has 0 aliphatic carbocycles. The van der Waals surface area contributed by atoms with Gasteiger partial charge in [-0.1, -0.05) is 39.0 Å². The van der Waals surface area contributed by atoms with E-state index in [9.17, 15) is 9.00 Å². The van der Waals surface area contributed by atoms with E-state index in [0.29, 0.717) is 38.4 Å². The Morgan fingerprint density at radius 1 is 1.37 bits per heavy atom. The van der Waals surface area contributed by atoms with E-state index in [1.165, 1.54) is 0 Å².